The third-order valence-corrected chi connectivity index (χ3v) is 5.29. The molecule has 2 aromatic carbocycles. The highest BCUT2D eigenvalue weighted by atomic mass is 35.5. The first kappa shape index (κ1) is 20.4. The number of thioether (sulfide) groups is 1. The largest absolute Gasteiger partial charge is 0.326 e. The molecule has 0 atom stereocenters. The van der Waals surface area contributed by atoms with Crippen molar-refractivity contribution in [1.29, 1.82) is 0 Å². The van der Waals surface area contributed by atoms with Crippen LogP contribution in [0.3, 0.4) is 0 Å². The quantitative estimate of drug-likeness (QED) is 0.433. The van der Waals surface area contributed by atoms with Crippen molar-refractivity contribution in [3.8, 4) is 0 Å². The predicted octanol–water partition coefficient (Wildman–Crippen LogP) is 4.69. The highest BCUT2D eigenvalue weighted by Crippen LogP contribution is 2.25. The second-order valence-corrected chi connectivity index (χ2v) is 7.59. The molecule has 0 aliphatic carbocycles. The maximum absolute atomic E-state index is 13.0. The number of anilines is 1. The molecular weight excluding hydrogens is 424 g/mol. The van der Waals surface area contributed by atoms with Crippen LogP contribution < -0.4 is 10.9 Å². The van der Waals surface area contributed by atoms with Crippen molar-refractivity contribution in [2.24, 2.45) is 0 Å². The van der Waals surface area contributed by atoms with Crippen LogP contribution in [0.1, 0.15) is 11.3 Å². The Morgan fingerprint density at radius 1 is 1.11 bits per heavy atom. The fourth-order valence-electron chi connectivity index (χ4n) is 2.32. The second kappa shape index (κ2) is 9.23. The summed E-state index contributed by atoms with van der Waals surface area (Å²) in [6.07, 6.45) is -0.0751. The van der Waals surface area contributed by atoms with Crippen molar-refractivity contribution in [3.05, 3.63) is 86.0 Å². The molecule has 3 aromatic rings. The van der Waals surface area contributed by atoms with Crippen molar-refractivity contribution >= 4 is 46.6 Å². The van der Waals surface area contributed by atoms with Crippen molar-refractivity contribution in [3.63, 3.8) is 0 Å². The van der Waals surface area contributed by atoms with Crippen LogP contribution in [-0.4, -0.2) is 15.9 Å². The van der Waals surface area contributed by atoms with E-state index in [1.165, 1.54) is 36.0 Å². The Morgan fingerprint density at radius 2 is 1.86 bits per heavy atom. The van der Waals surface area contributed by atoms with Gasteiger partial charge in [-0.05, 0) is 35.9 Å². The minimum atomic E-state index is -0.353. The fourth-order valence-corrected chi connectivity index (χ4v) is 3.47. The van der Waals surface area contributed by atoms with Crippen molar-refractivity contribution in [2.75, 3.05) is 5.32 Å². The zero-order valence-electron chi connectivity index (χ0n) is 14.3. The van der Waals surface area contributed by atoms with E-state index >= 15 is 0 Å². The lowest BCUT2D eigenvalue weighted by Crippen LogP contribution is -2.18. The zero-order valence-corrected chi connectivity index (χ0v) is 16.7. The van der Waals surface area contributed by atoms with Gasteiger partial charge in [0, 0.05) is 17.5 Å². The van der Waals surface area contributed by atoms with Gasteiger partial charge in [0.25, 0.3) is 5.56 Å². The highest BCUT2D eigenvalue weighted by Gasteiger charge is 2.10. The Labute approximate surface area is 174 Å². The van der Waals surface area contributed by atoms with Gasteiger partial charge in [0.2, 0.25) is 5.91 Å². The Hall–Kier alpha value is -2.35. The molecule has 0 bridgehead atoms. The van der Waals surface area contributed by atoms with Crippen molar-refractivity contribution < 1.29 is 9.18 Å². The number of halogens is 3. The van der Waals surface area contributed by atoms with Crippen LogP contribution in [0.2, 0.25) is 10.0 Å². The van der Waals surface area contributed by atoms with Crippen LogP contribution >= 0.6 is 35.0 Å². The van der Waals surface area contributed by atoms with Gasteiger partial charge in [-0.25, -0.2) is 9.37 Å². The van der Waals surface area contributed by atoms with E-state index in [1.54, 1.807) is 24.3 Å². The van der Waals surface area contributed by atoms with Crippen LogP contribution in [0.4, 0.5) is 10.1 Å². The number of carbonyl (C=O) groups excluding carboxylic acids is 1. The summed E-state index contributed by atoms with van der Waals surface area (Å²) in [6, 6.07) is 12.1. The molecule has 0 aliphatic heterocycles. The van der Waals surface area contributed by atoms with Crippen LogP contribution in [0.5, 0.6) is 0 Å². The van der Waals surface area contributed by atoms with Gasteiger partial charge < -0.3 is 10.3 Å². The van der Waals surface area contributed by atoms with Crippen LogP contribution in [0.15, 0.2) is 58.5 Å². The van der Waals surface area contributed by atoms with Crippen LogP contribution in [0, 0.1) is 5.82 Å². The fraction of sp³-hybridized carbons (Fsp3) is 0.105. The number of nitrogens with zero attached hydrogens (tertiary/aromatic N) is 1. The average molecular weight is 438 g/mol. The van der Waals surface area contributed by atoms with E-state index in [0.29, 0.717) is 32.3 Å². The molecule has 0 unspecified atom stereocenters. The number of amides is 1. The van der Waals surface area contributed by atoms with E-state index in [-0.39, 0.29) is 23.7 Å². The number of aromatic nitrogens is 2. The summed E-state index contributed by atoms with van der Waals surface area (Å²) in [5.74, 6) is -0.150. The van der Waals surface area contributed by atoms with E-state index in [0.717, 1.165) is 5.56 Å². The Bertz CT molecular complexity index is 1060. The topological polar surface area (TPSA) is 74.8 Å². The molecule has 0 spiro atoms. The zero-order chi connectivity index (χ0) is 20.1. The predicted molar refractivity (Wildman–Crippen MR) is 110 cm³/mol. The Morgan fingerprint density at radius 3 is 2.57 bits per heavy atom. The van der Waals surface area contributed by atoms with Gasteiger partial charge >= 0.3 is 0 Å². The van der Waals surface area contributed by atoms with Gasteiger partial charge in [-0.1, -0.05) is 47.1 Å². The van der Waals surface area contributed by atoms with E-state index < -0.39 is 0 Å². The summed E-state index contributed by atoms with van der Waals surface area (Å²) in [5.41, 5.74) is 1.36. The summed E-state index contributed by atoms with van der Waals surface area (Å²) >= 11 is 13.1. The minimum Gasteiger partial charge on any atom is -0.326 e. The number of hydrogen-bond acceptors (Lipinski definition) is 4. The monoisotopic (exact) mass is 437 g/mol. The molecule has 0 aliphatic rings. The molecule has 1 heterocycles. The summed E-state index contributed by atoms with van der Waals surface area (Å²) in [7, 11) is 0. The van der Waals surface area contributed by atoms with Gasteiger partial charge in [0.1, 0.15) is 5.82 Å². The normalized spacial score (nSPS) is 10.7. The molecule has 1 aromatic heterocycles. The summed E-state index contributed by atoms with van der Waals surface area (Å²) in [4.78, 5) is 31.0. The molecule has 1 amide bonds. The maximum atomic E-state index is 13.0. The first-order valence-electron chi connectivity index (χ1n) is 8.11. The van der Waals surface area contributed by atoms with E-state index in [2.05, 4.69) is 15.3 Å². The molecular formula is C19H14Cl2FN3O2S. The molecule has 144 valence electrons. The number of aromatic amines is 1. The third kappa shape index (κ3) is 5.82. The molecule has 2 N–H and O–H groups in total. The lowest BCUT2D eigenvalue weighted by Gasteiger charge is -2.07. The maximum Gasteiger partial charge on any atom is 0.251 e. The highest BCUT2D eigenvalue weighted by molar-refractivity contribution is 7.98. The SMILES string of the molecule is O=C(Cc1cc(=O)[nH]c(SCc2ccc(F)cc2)n1)Nc1ccc(Cl)c(Cl)c1. The summed E-state index contributed by atoms with van der Waals surface area (Å²) in [5, 5.41) is 3.78. The molecule has 0 fully saturated rings. The second-order valence-electron chi connectivity index (χ2n) is 5.81. The average Bonchev–Trinajstić information content (AvgIpc) is 2.64. The molecule has 0 saturated carbocycles. The molecule has 0 saturated heterocycles. The summed E-state index contributed by atoms with van der Waals surface area (Å²) < 4.78 is 13.0. The molecule has 9 heteroatoms. The van der Waals surface area contributed by atoms with Gasteiger partial charge in [-0.15, -0.1) is 0 Å². The van der Waals surface area contributed by atoms with Crippen molar-refractivity contribution in [1.82, 2.24) is 9.97 Å². The smallest absolute Gasteiger partial charge is 0.251 e. The van der Waals surface area contributed by atoms with E-state index in [1.807, 2.05) is 0 Å². The van der Waals surface area contributed by atoms with Crippen molar-refractivity contribution in [2.45, 2.75) is 17.3 Å². The van der Waals surface area contributed by atoms with E-state index in [9.17, 15) is 14.0 Å². The molecule has 0 radical (unpaired) electrons. The summed E-state index contributed by atoms with van der Waals surface area (Å²) in [6.45, 7) is 0. The third-order valence-electron chi connectivity index (χ3n) is 3.61. The van der Waals surface area contributed by atoms with Gasteiger partial charge in [-0.3, -0.25) is 9.59 Å². The molecule has 28 heavy (non-hydrogen) atoms. The van der Waals surface area contributed by atoms with E-state index in [4.69, 9.17) is 23.2 Å². The lowest BCUT2D eigenvalue weighted by molar-refractivity contribution is -0.115. The lowest BCUT2D eigenvalue weighted by atomic mass is 10.2. The number of hydrogen-bond donors (Lipinski definition) is 2. The Kier molecular flexibility index (Phi) is 6.72. The number of rotatable bonds is 6. The number of nitrogens with one attached hydrogen (secondary N) is 2. The number of benzene rings is 2. The first-order chi connectivity index (χ1) is 13.4. The first-order valence-corrected chi connectivity index (χ1v) is 9.85. The van der Waals surface area contributed by atoms with Crippen LogP contribution in [-0.2, 0) is 17.0 Å². The molecule has 5 nitrogen and oxygen atoms in total. The molecule has 3 rings (SSSR count). The minimum absolute atomic E-state index is 0.0751. The van der Waals surface area contributed by atoms with Crippen LogP contribution in [0.25, 0.3) is 0 Å². The standard InChI is InChI=1S/C19H14Cl2FN3O2S/c20-15-6-5-13(7-16(15)21)23-17(26)8-14-9-18(27)25-19(24-14)28-10-11-1-3-12(22)4-2-11/h1-7,9H,8,10H2,(H,23,26)(H,24,25,27). The Balaban J connectivity index is 1.65. The number of H-pyrrole nitrogens is 1. The van der Waals surface area contributed by atoms with Gasteiger partial charge in [0.15, 0.2) is 5.16 Å². The van der Waals surface area contributed by atoms with Gasteiger partial charge in [-0.2, -0.15) is 0 Å². The van der Waals surface area contributed by atoms with Gasteiger partial charge in [0.05, 0.1) is 22.2 Å². The number of carbonyl (C=O) groups is 1.